The molecule has 0 fully saturated rings. The summed E-state index contributed by atoms with van der Waals surface area (Å²) in [7, 11) is 0. The summed E-state index contributed by atoms with van der Waals surface area (Å²) in [6.45, 7) is 0.394. The number of hydrogen-bond donors (Lipinski definition) is 1. The first-order valence-corrected chi connectivity index (χ1v) is 6.66. The molecule has 96 valence electrons. The quantitative estimate of drug-likeness (QED) is 0.730. The van der Waals surface area contributed by atoms with Gasteiger partial charge in [0.2, 0.25) is 0 Å². The van der Waals surface area contributed by atoms with Crippen molar-refractivity contribution in [3.05, 3.63) is 58.8 Å². The number of hydrogen-bond acceptors (Lipinski definition) is 3. The van der Waals surface area contributed by atoms with Gasteiger partial charge in [0.25, 0.3) is 0 Å². The number of halogens is 1. The van der Waals surface area contributed by atoms with Crippen LogP contribution in [0.1, 0.15) is 5.76 Å². The maximum absolute atomic E-state index is 5.74. The van der Waals surface area contributed by atoms with Crippen molar-refractivity contribution in [1.82, 2.24) is 0 Å². The van der Waals surface area contributed by atoms with E-state index in [1.165, 1.54) is 0 Å². The zero-order valence-electron chi connectivity index (χ0n) is 10.1. The molecule has 0 amide bonds. The Hall–Kier alpha value is -1.94. The van der Waals surface area contributed by atoms with Crippen molar-refractivity contribution in [1.29, 1.82) is 0 Å². The zero-order chi connectivity index (χ0) is 13.2. The number of nitrogens with two attached hydrogens (primary N) is 1. The molecule has 1 aromatic heterocycles. The van der Waals surface area contributed by atoms with Crippen molar-refractivity contribution in [3.8, 4) is 5.75 Å². The predicted molar refractivity (Wildman–Crippen MR) is 79.1 cm³/mol. The van der Waals surface area contributed by atoms with Gasteiger partial charge in [0.15, 0.2) is 0 Å². The molecule has 0 saturated carbocycles. The first kappa shape index (κ1) is 12.1. The average Bonchev–Trinajstić information content (AvgIpc) is 2.78. The van der Waals surface area contributed by atoms with E-state index < -0.39 is 0 Å². The summed E-state index contributed by atoms with van der Waals surface area (Å²) < 4.78 is 12.3. The monoisotopic (exact) mass is 317 g/mol. The fraction of sp³-hybridized carbons (Fsp3) is 0.0667. The molecule has 0 radical (unpaired) electrons. The molecule has 3 nitrogen and oxygen atoms in total. The standard InChI is InChI=1S/C15H12BrNO2/c16-11-2-1-3-13(8-11)18-9-14-7-10-6-12(17)4-5-15(10)19-14/h1-8H,9,17H2. The first-order valence-electron chi connectivity index (χ1n) is 5.87. The highest BCUT2D eigenvalue weighted by molar-refractivity contribution is 9.10. The lowest BCUT2D eigenvalue weighted by Gasteiger charge is -2.03. The van der Waals surface area contributed by atoms with E-state index in [9.17, 15) is 0 Å². The molecule has 0 saturated heterocycles. The van der Waals surface area contributed by atoms with Gasteiger partial charge < -0.3 is 14.9 Å². The molecule has 0 aliphatic rings. The number of ether oxygens (including phenoxy) is 1. The molecule has 0 aliphatic heterocycles. The number of benzene rings is 2. The molecule has 4 heteroatoms. The molecule has 1 heterocycles. The third-order valence-corrected chi connectivity index (χ3v) is 3.26. The third-order valence-electron chi connectivity index (χ3n) is 2.77. The van der Waals surface area contributed by atoms with Gasteiger partial charge in [-0.05, 0) is 42.5 Å². The van der Waals surface area contributed by atoms with Crippen LogP contribution in [0.3, 0.4) is 0 Å². The van der Waals surface area contributed by atoms with E-state index in [1.54, 1.807) is 0 Å². The van der Waals surface area contributed by atoms with Crippen LogP contribution in [0.5, 0.6) is 5.75 Å². The Bertz CT molecular complexity index is 721. The van der Waals surface area contributed by atoms with Crippen LogP contribution in [-0.2, 0) is 6.61 Å². The van der Waals surface area contributed by atoms with Crippen molar-refractivity contribution in [2.24, 2.45) is 0 Å². The van der Waals surface area contributed by atoms with E-state index in [-0.39, 0.29) is 0 Å². The number of fused-ring (bicyclic) bond motifs is 1. The van der Waals surface area contributed by atoms with Gasteiger partial charge in [0.1, 0.15) is 23.7 Å². The molecule has 2 N–H and O–H groups in total. The summed E-state index contributed by atoms with van der Waals surface area (Å²) in [5, 5.41) is 0.993. The van der Waals surface area contributed by atoms with Crippen molar-refractivity contribution < 1.29 is 9.15 Å². The summed E-state index contributed by atoms with van der Waals surface area (Å²) >= 11 is 3.41. The van der Waals surface area contributed by atoms with Crippen LogP contribution in [0.15, 0.2) is 57.4 Å². The predicted octanol–water partition coefficient (Wildman–Crippen LogP) is 4.36. The molecule has 0 unspecified atom stereocenters. The van der Waals surface area contributed by atoms with Gasteiger partial charge in [-0.3, -0.25) is 0 Å². The van der Waals surface area contributed by atoms with Crippen LogP contribution in [-0.4, -0.2) is 0 Å². The zero-order valence-corrected chi connectivity index (χ0v) is 11.7. The van der Waals surface area contributed by atoms with Crippen LogP contribution < -0.4 is 10.5 Å². The maximum Gasteiger partial charge on any atom is 0.146 e. The highest BCUT2D eigenvalue weighted by Gasteiger charge is 2.05. The number of rotatable bonds is 3. The van der Waals surface area contributed by atoms with E-state index in [2.05, 4.69) is 15.9 Å². The fourth-order valence-corrected chi connectivity index (χ4v) is 2.28. The lowest BCUT2D eigenvalue weighted by Crippen LogP contribution is -1.93. The normalized spacial score (nSPS) is 10.8. The molecule has 0 bridgehead atoms. The Morgan fingerprint density at radius 3 is 2.84 bits per heavy atom. The first-order chi connectivity index (χ1) is 9.20. The van der Waals surface area contributed by atoms with Crippen LogP contribution in [0, 0.1) is 0 Å². The van der Waals surface area contributed by atoms with Gasteiger partial charge in [-0.15, -0.1) is 0 Å². The molecule has 0 atom stereocenters. The summed E-state index contributed by atoms with van der Waals surface area (Å²) in [5.74, 6) is 1.58. The van der Waals surface area contributed by atoms with Crippen molar-refractivity contribution in [2.45, 2.75) is 6.61 Å². The molecule has 19 heavy (non-hydrogen) atoms. The summed E-state index contributed by atoms with van der Waals surface area (Å²) in [6, 6.07) is 15.2. The molecular formula is C15H12BrNO2. The second-order valence-corrected chi connectivity index (χ2v) is 5.17. The SMILES string of the molecule is Nc1ccc2oc(COc3cccc(Br)c3)cc2c1. The number of furan rings is 1. The minimum Gasteiger partial charge on any atom is -0.486 e. The topological polar surface area (TPSA) is 48.4 Å². The van der Waals surface area contributed by atoms with Crippen molar-refractivity contribution in [3.63, 3.8) is 0 Å². The highest BCUT2D eigenvalue weighted by Crippen LogP contribution is 2.23. The lowest BCUT2D eigenvalue weighted by atomic mass is 10.2. The summed E-state index contributed by atoms with van der Waals surface area (Å²) in [5.41, 5.74) is 7.29. The third kappa shape index (κ3) is 2.74. The highest BCUT2D eigenvalue weighted by atomic mass is 79.9. The molecule has 0 spiro atoms. The summed E-state index contributed by atoms with van der Waals surface area (Å²) in [4.78, 5) is 0. The molecule has 0 aliphatic carbocycles. The Kier molecular flexibility index (Phi) is 3.17. The van der Waals surface area contributed by atoms with Crippen LogP contribution >= 0.6 is 15.9 Å². The molecule has 3 rings (SSSR count). The second-order valence-electron chi connectivity index (χ2n) is 4.26. The van der Waals surface area contributed by atoms with Gasteiger partial charge >= 0.3 is 0 Å². The van der Waals surface area contributed by atoms with E-state index in [0.29, 0.717) is 6.61 Å². The van der Waals surface area contributed by atoms with E-state index >= 15 is 0 Å². The van der Waals surface area contributed by atoms with Crippen LogP contribution in [0.2, 0.25) is 0 Å². The molecular weight excluding hydrogens is 306 g/mol. The Morgan fingerprint density at radius 1 is 1.11 bits per heavy atom. The summed E-state index contributed by atoms with van der Waals surface area (Å²) in [6.07, 6.45) is 0. The minimum absolute atomic E-state index is 0.394. The van der Waals surface area contributed by atoms with Gasteiger partial charge in [0.05, 0.1) is 0 Å². The van der Waals surface area contributed by atoms with Crippen LogP contribution in [0.25, 0.3) is 11.0 Å². The minimum atomic E-state index is 0.394. The molecule has 2 aromatic carbocycles. The van der Waals surface area contributed by atoms with Gasteiger partial charge in [-0.25, -0.2) is 0 Å². The van der Waals surface area contributed by atoms with Gasteiger partial charge in [-0.1, -0.05) is 22.0 Å². The largest absolute Gasteiger partial charge is 0.486 e. The van der Waals surface area contributed by atoms with E-state index in [1.807, 2.05) is 48.5 Å². The number of nitrogen functional groups attached to an aromatic ring is 1. The van der Waals surface area contributed by atoms with Gasteiger partial charge in [0, 0.05) is 15.5 Å². The van der Waals surface area contributed by atoms with Crippen molar-refractivity contribution >= 4 is 32.6 Å². The fourth-order valence-electron chi connectivity index (χ4n) is 1.90. The maximum atomic E-state index is 5.74. The lowest BCUT2D eigenvalue weighted by molar-refractivity contribution is 0.274. The van der Waals surface area contributed by atoms with Crippen LogP contribution in [0.4, 0.5) is 5.69 Å². The Morgan fingerprint density at radius 2 is 2.00 bits per heavy atom. The Labute approximate surface area is 119 Å². The number of anilines is 1. The smallest absolute Gasteiger partial charge is 0.146 e. The van der Waals surface area contributed by atoms with E-state index in [0.717, 1.165) is 32.6 Å². The Balaban J connectivity index is 1.78. The van der Waals surface area contributed by atoms with E-state index in [4.69, 9.17) is 14.9 Å². The van der Waals surface area contributed by atoms with Crippen molar-refractivity contribution in [2.75, 3.05) is 5.73 Å². The van der Waals surface area contributed by atoms with Gasteiger partial charge in [-0.2, -0.15) is 0 Å². The molecule has 3 aromatic rings. The second kappa shape index (κ2) is 4.97. The average molecular weight is 318 g/mol.